The Balaban J connectivity index is 1.75. The number of carbonyl (C=O) groups is 2. The minimum absolute atomic E-state index is 0.0291. The van der Waals surface area contributed by atoms with Crippen molar-refractivity contribution in [1.29, 1.82) is 0 Å². The molecule has 2 amide bonds. The van der Waals surface area contributed by atoms with Gasteiger partial charge in [-0.1, -0.05) is 5.16 Å². The van der Waals surface area contributed by atoms with Crippen molar-refractivity contribution in [2.75, 3.05) is 11.9 Å². The van der Waals surface area contributed by atoms with Gasteiger partial charge in [0.2, 0.25) is 11.9 Å². The number of alkyl halides is 2. The molecule has 14 heteroatoms. The highest BCUT2D eigenvalue weighted by molar-refractivity contribution is 6.44. The Morgan fingerprint density at radius 2 is 1.97 bits per heavy atom. The third kappa shape index (κ3) is 6.99. The number of aromatic nitrogens is 5. The summed E-state index contributed by atoms with van der Waals surface area (Å²) in [6, 6.07) is 1.93. The number of halogens is 3. The van der Waals surface area contributed by atoms with E-state index in [9.17, 15) is 14.0 Å². The van der Waals surface area contributed by atoms with Crippen LogP contribution in [0.2, 0.25) is 0 Å². The van der Waals surface area contributed by atoms with E-state index in [4.69, 9.17) is 28.3 Å². The Hall–Kier alpha value is -3.09. The van der Waals surface area contributed by atoms with Gasteiger partial charge in [-0.15, -0.1) is 23.2 Å². The van der Waals surface area contributed by atoms with E-state index < -0.39 is 28.6 Å². The highest BCUT2D eigenvalue weighted by atomic mass is 35.5. The van der Waals surface area contributed by atoms with Gasteiger partial charge in [-0.25, -0.2) is 9.61 Å². The lowest BCUT2D eigenvalue weighted by molar-refractivity contribution is -0.118. The summed E-state index contributed by atoms with van der Waals surface area (Å²) in [5.74, 6) is -2.11. The summed E-state index contributed by atoms with van der Waals surface area (Å²) in [6.07, 6.45) is 1.63. The zero-order chi connectivity index (χ0) is 26.2. The summed E-state index contributed by atoms with van der Waals surface area (Å²) in [4.78, 5) is 29.0. The van der Waals surface area contributed by atoms with E-state index in [-0.39, 0.29) is 42.2 Å². The van der Waals surface area contributed by atoms with E-state index >= 15 is 0 Å². The molecule has 0 aliphatic rings. The van der Waals surface area contributed by atoms with Crippen LogP contribution in [0.15, 0.2) is 16.8 Å². The molecule has 0 unspecified atom stereocenters. The number of hydrogen-bond acceptors (Lipinski definition) is 8. The second-order valence-corrected chi connectivity index (χ2v) is 9.34. The average molecular weight is 542 g/mol. The highest BCUT2D eigenvalue weighted by Gasteiger charge is 2.26. The number of amides is 2. The Morgan fingerprint density at radius 3 is 2.61 bits per heavy atom. The third-order valence-corrected chi connectivity index (χ3v) is 5.81. The fourth-order valence-electron chi connectivity index (χ4n) is 3.61. The number of hydrogen-bond donors (Lipinski definition) is 4. The zero-order valence-electron chi connectivity index (χ0n) is 19.6. The van der Waals surface area contributed by atoms with Crippen molar-refractivity contribution < 1.29 is 23.7 Å². The summed E-state index contributed by atoms with van der Waals surface area (Å²) in [5.41, 5.74) is 2.30. The van der Waals surface area contributed by atoms with Gasteiger partial charge in [0.05, 0.1) is 5.69 Å². The maximum absolute atomic E-state index is 14.8. The molecule has 3 rings (SSSR count). The minimum Gasteiger partial charge on any atom is -0.396 e. The van der Waals surface area contributed by atoms with Crippen molar-refractivity contribution in [3.8, 4) is 11.1 Å². The number of aryl methyl sites for hydroxylation is 3. The Morgan fingerprint density at radius 1 is 1.19 bits per heavy atom. The molecule has 0 saturated heterocycles. The maximum Gasteiger partial charge on any atom is 0.276 e. The van der Waals surface area contributed by atoms with Gasteiger partial charge in [0.25, 0.3) is 5.91 Å². The Kier molecular flexibility index (Phi) is 9.73. The first-order valence-electron chi connectivity index (χ1n) is 11.2. The first-order valence-corrected chi connectivity index (χ1v) is 12.1. The van der Waals surface area contributed by atoms with Gasteiger partial charge in [0, 0.05) is 23.4 Å². The number of rotatable bonds is 12. The normalized spacial score (nSPS) is 12.1. The van der Waals surface area contributed by atoms with E-state index in [1.54, 1.807) is 13.8 Å². The minimum atomic E-state index is -1.03. The molecule has 0 bridgehead atoms. The van der Waals surface area contributed by atoms with E-state index in [0.717, 1.165) is 0 Å². The second kappa shape index (κ2) is 12.7. The fourth-order valence-corrected chi connectivity index (χ4v) is 3.92. The second-order valence-electron chi connectivity index (χ2n) is 8.07. The van der Waals surface area contributed by atoms with Crippen LogP contribution < -0.4 is 10.6 Å². The van der Waals surface area contributed by atoms with Gasteiger partial charge >= 0.3 is 0 Å². The van der Waals surface area contributed by atoms with E-state index in [1.165, 1.54) is 12.1 Å². The molecular formula is C22H26Cl2FN7O4. The van der Waals surface area contributed by atoms with Crippen LogP contribution in [0, 0.1) is 19.8 Å². The van der Waals surface area contributed by atoms with Crippen molar-refractivity contribution >= 4 is 40.8 Å². The topological polar surface area (TPSA) is 159 Å². The monoisotopic (exact) mass is 541 g/mol. The van der Waals surface area contributed by atoms with E-state index in [2.05, 4.69) is 40.8 Å². The number of aromatic amines is 1. The van der Waals surface area contributed by atoms with E-state index in [0.29, 0.717) is 36.2 Å². The molecule has 4 N–H and O–H groups in total. The van der Waals surface area contributed by atoms with Crippen LogP contribution in [0.25, 0.3) is 11.1 Å². The molecule has 0 aromatic carbocycles. The van der Waals surface area contributed by atoms with Crippen molar-refractivity contribution in [2.45, 2.75) is 56.8 Å². The SMILES string of the molecule is Cc1n[nH]c(C)c1-c1ccc(NC(=O)[C@H](CCCC(Cl)Cl)NC(=O)c2nonc2CCCO)nc1F. The maximum atomic E-state index is 14.8. The molecule has 36 heavy (non-hydrogen) atoms. The number of carbonyl (C=O) groups excluding carboxylic acids is 2. The molecule has 3 heterocycles. The van der Waals surface area contributed by atoms with Crippen LogP contribution in [0.1, 0.15) is 53.3 Å². The number of anilines is 1. The summed E-state index contributed by atoms with van der Waals surface area (Å²) in [5, 5.41) is 28.3. The molecule has 0 aliphatic heterocycles. The number of H-pyrrole nitrogens is 1. The predicted molar refractivity (Wildman–Crippen MR) is 130 cm³/mol. The molecule has 11 nitrogen and oxygen atoms in total. The molecule has 194 valence electrons. The summed E-state index contributed by atoms with van der Waals surface area (Å²) < 4.78 is 19.5. The first-order chi connectivity index (χ1) is 17.2. The van der Waals surface area contributed by atoms with E-state index in [1.807, 2.05) is 0 Å². The number of nitrogens with zero attached hydrogens (tertiary/aromatic N) is 4. The predicted octanol–water partition coefficient (Wildman–Crippen LogP) is 3.25. The molecule has 0 fully saturated rings. The van der Waals surface area contributed by atoms with Crippen LogP contribution in [0.5, 0.6) is 0 Å². The number of aliphatic hydroxyl groups excluding tert-OH is 1. The lowest BCUT2D eigenvalue weighted by atomic mass is 10.1. The Bertz CT molecular complexity index is 1180. The molecule has 3 aromatic rings. The summed E-state index contributed by atoms with van der Waals surface area (Å²) in [7, 11) is 0. The zero-order valence-corrected chi connectivity index (χ0v) is 21.2. The van der Waals surface area contributed by atoms with Gasteiger partial charge in [-0.3, -0.25) is 14.7 Å². The molecule has 0 aliphatic carbocycles. The van der Waals surface area contributed by atoms with Crippen molar-refractivity contribution in [1.82, 2.24) is 30.8 Å². The highest BCUT2D eigenvalue weighted by Crippen LogP contribution is 2.28. The quantitative estimate of drug-likeness (QED) is 0.201. The van der Waals surface area contributed by atoms with Gasteiger partial charge in [0.1, 0.15) is 22.4 Å². The van der Waals surface area contributed by atoms with Crippen LogP contribution in [-0.2, 0) is 11.2 Å². The van der Waals surface area contributed by atoms with Gasteiger partial charge in [-0.2, -0.15) is 9.49 Å². The van der Waals surface area contributed by atoms with Crippen molar-refractivity contribution in [3.63, 3.8) is 0 Å². The van der Waals surface area contributed by atoms with Crippen LogP contribution in [0.3, 0.4) is 0 Å². The average Bonchev–Trinajstić information content (AvgIpc) is 3.43. The molecule has 0 spiro atoms. The molecule has 0 radical (unpaired) electrons. The Labute approximate surface area is 216 Å². The molecule has 1 atom stereocenters. The van der Waals surface area contributed by atoms with Crippen molar-refractivity contribution in [3.05, 3.63) is 40.9 Å². The molecular weight excluding hydrogens is 516 g/mol. The third-order valence-electron chi connectivity index (χ3n) is 5.38. The lowest BCUT2D eigenvalue weighted by Gasteiger charge is -2.18. The smallest absolute Gasteiger partial charge is 0.276 e. The van der Waals surface area contributed by atoms with Crippen LogP contribution in [-0.4, -0.2) is 59.9 Å². The van der Waals surface area contributed by atoms with Crippen LogP contribution >= 0.6 is 23.2 Å². The largest absolute Gasteiger partial charge is 0.396 e. The first kappa shape index (κ1) is 27.5. The lowest BCUT2D eigenvalue weighted by Crippen LogP contribution is -2.44. The van der Waals surface area contributed by atoms with Gasteiger partial charge < -0.3 is 15.7 Å². The van der Waals surface area contributed by atoms with Gasteiger partial charge in [0.15, 0.2) is 5.69 Å². The summed E-state index contributed by atoms with van der Waals surface area (Å²) >= 11 is 11.6. The number of nitrogens with one attached hydrogen (secondary N) is 3. The van der Waals surface area contributed by atoms with Crippen molar-refractivity contribution in [2.24, 2.45) is 0 Å². The number of pyridine rings is 1. The number of aliphatic hydroxyl groups is 1. The standard InChI is InChI=1S/C22H26Cl2FN7O4/c1-11-18(12(2)30-29-11)13-8-9-17(27-20(13)25)28-21(34)15(5-3-7-16(23)24)26-22(35)19-14(6-4-10-33)31-36-32-19/h8-9,15-16,33H,3-7,10H2,1-2H3,(H,26,35)(H,29,30)(H,27,28,34)/t15-/m0/s1. The summed E-state index contributed by atoms with van der Waals surface area (Å²) in [6.45, 7) is 3.41. The van der Waals surface area contributed by atoms with Gasteiger partial charge in [-0.05, 0) is 63.2 Å². The fraction of sp³-hybridized carbons (Fsp3) is 0.455. The molecule has 3 aromatic heterocycles. The van der Waals surface area contributed by atoms with Crippen LogP contribution in [0.4, 0.5) is 10.2 Å². The molecule has 0 saturated carbocycles.